The molecule has 1 atom stereocenters. The highest BCUT2D eigenvalue weighted by molar-refractivity contribution is 5.95. The van der Waals surface area contributed by atoms with Crippen LogP contribution >= 0.6 is 0 Å². The summed E-state index contributed by atoms with van der Waals surface area (Å²) < 4.78 is 6.02. The molecule has 0 spiro atoms. The van der Waals surface area contributed by atoms with Crippen molar-refractivity contribution in [3.05, 3.63) is 89.5 Å². The lowest BCUT2D eigenvalue weighted by atomic mass is 9.99. The molecule has 3 aromatic rings. The zero-order chi connectivity index (χ0) is 23.9. The summed E-state index contributed by atoms with van der Waals surface area (Å²) in [6, 6.07) is 23.5. The van der Waals surface area contributed by atoms with Crippen molar-refractivity contribution in [2.45, 2.75) is 64.6 Å². The van der Waals surface area contributed by atoms with Crippen LogP contribution in [0.3, 0.4) is 0 Å². The van der Waals surface area contributed by atoms with E-state index < -0.39 is 6.23 Å². The maximum absolute atomic E-state index is 13.5. The standard InChI is InChI=1S/C30H35NO3/c1-3-4-5-10-21-34-28-14-9-8-13-27(28)30(33)31(25-19-20-25)29(32)24-17-15-23(16-18-24)26-12-7-6-11-22(26)2/h6-9,11-18,25,30,33H,3-5,10,19-21H2,1-2H3. The van der Waals surface area contributed by atoms with Gasteiger partial charge in [0.15, 0.2) is 6.23 Å². The Kier molecular flexibility index (Phi) is 8.02. The molecule has 4 heteroatoms. The number of aryl methyl sites for hydroxylation is 1. The quantitative estimate of drug-likeness (QED) is 0.251. The zero-order valence-corrected chi connectivity index (χ0v) is 20.2. The molecule has 0 saturated heterocycles. The minimum Gasteiger partial charge on any atom is -0.493 e. The first-order valence-electron chi connectivity index (χ1n) is 12.5. The van der Waals surface area contributed by atoms with Gasteiger partial charge in [0.2, 0.25) is 0 Å². The van der Waals surface area contributed by atoms with Gasteiger partial charge in [-0.25, -0.2) is 0 Å². The third kappa shape index (κ3) is 5.68. The molecule has 0 radical (unpaired) electrons. The summed E-state index contributed by atoms with van der Waals surface area (Å²) >= 11 is 0. The van der Waals surface area contributed by atoms with Crippen LogP contribution in [0.5, 0.6) is 5.75 Å². The molecular weight excluding hydrogens is 422 g/mol. The van der Waals surface area contributed by atoms with E-state index in [1.54, 1.807) is 4.90 Å². The first-order valence-corrected chi connectivity index (χ1v) is 12.5. The highest BCUT2D eigenvalue weighted by Gasteiger charge is 2.38. The second kappa shape index (κ2) is 11.3. The van der Waals surface area contributed by atoms with E-state index in [1.165, 1.54) is 18.4 Å². The van der Waals surface area contributed by atoms with Crippen LogP contribution in [0.2, 0.25) is 0 Å². The molecule has 1 aliphatic carbocycles. The number of carbonyl (C=O) groups excluding carboxylic acids is 1. The molecule has 1 saturated carbocycles. The van der Waals surface area contributed by atoms with E-state index in [4.69, 9.17) is 4.74 Å². The maximum Gasteiger partial charge on any atom is 0.256 e. The molecule has 178 valence electrons. The fourth-order valence-electron chi connectivity index (χ4n) is 4.35. The molecule has 4 rings (SSSR count). The summed E-state index contributed by atoms with van der Waals surface area (Å²) in [5, 5.41) is 11.3. The van der Waals surface area contributed by atoms with Gasteiger partial charge >= 0.3 is 0 Å². The number of hydrogen-bond acceptors (Lipinski definition) is 3. The molecule has 4 nitrogen and oxygen atoms in total. The van der Waals surface area contributed by atoms with Crippen LogP contribution in [0.4, 0.5) is 0 Å². The summed E-state index contributed by atoms with van der Waals surface area (Å²) in [5.74, 6) is 0.504. The smallest absolute Gasteiger partial charge is 0.256 e. The van der Waals surface area contributed by atoms with Gasteiger partial charge in [0, 0.05) is 17.2 Å². The molecule has 1 N–H and O–H groups in total. The SMILES string of the molecule is CCCCCCOc1ccccc1C(O)N(C(=O)c1ccc(-c2ccccc2C)cc1)C1CC1. The van der Waals surface area contributed by atoms with Crippen LogP contribution in [0.1, 0.15) is 73.2 Å². The van der Waals surface area contributed by atoms with Crippen molar-refractivity contribution in [3.63, 3.8) is 0 Å². The third-order valence-corrected chi connectivity index (χ3v) is 6.48. The predicted octanol–water partition coefficient (Wildman–Crippen LogP) is 6.92. The van der Waals surface area contributed by atoms with E-state index in [0.29, 0.717) is 23.5 Å². The predicted molar refractivity (Wildman–Crippen MR) is 137 cm³/mol. The van der Waals surface area contributed by atoms with Crippen molar-refractivity contribution in [3.8, 4) is 16.9 Å². The Morgan fingerprint density at radius 2 is 1.68 bits per heavy atom. The van der Waals surface area contributed by atoms with Crippen LogP contribution in [-0.2, 0) is 0 Å². The van der Waals surface area contributed by atoms with E-state index in [2.05, 4.69) is 26.0 Å². The Morgan fingerprint density at radius 3 is 2.38 bits per heavy atom. The molecule has 3 aromatic carbocycles. The Bertz CT molecular complexity index is 1090. The van der Waals surface area contributed by atoms with E-state index in [0.717, 1.165) is 36.8 Å². The molecule has 0 heterocycles. The number of aliphatic hydroxyl groups is 1. The molecule has 0 bridgehead atoms. The van der Waals surface area contributed by atoms with Gasteiger partial charge in [0.25, 0.3) is 5.91 Å². The lowest BCUT2D eigenvalue weighted by Crippen LogP contribution is -2.37. The van der Waals surface area contributed by atoms with Crippen molar-refractivity contribution in [2.75, 3.05) is 6.61 Å². The van der Waals surface area contributed by atoms with Crippen molar-refractivity contribution in [1.29, 1.82) is 0 Å². The number of nitrogens with zero attached hydrogens (tertiary/aromatic N) is 1. The second-order valence-electron chi connectivity index (χ2n) is 9.16. The molecule has 0 aromatic heterocycles. The number of para-hydroxylation sites is 1. The highest BCUT2D eigenvalue weighted by atomic mass is 16.5. The lowest BCUT2D eigenvalue weighted by molar-refractivity contribution is 0.000931. The van der Waals surface area contributed by atoms with Gasteiger partial charge in [-0.05, 0) is 61.1 Å². The molecule has 1 amide bonds. The summed E-state index contributed by atoms with van der Waals surface area (Å²) in [6.07, 6.45) is 5.26. The summed E-state index contributed by atoms with van der Waals surface area (Å²) in [6.45, 7) is 4.89. The average Bonchev–Trinajstić information content (AvgIpc) is 3.70. The maximum atomic E-state index is 13.5. The number of rotatable bonds is 11. The zero-order valence-electron chi connectivity index (χ0n) is 20.2. The lowest BCUT2D eigenvalue weighted by Gasteiger charge is -2.29. The van der Waals surface area contributed by atoms with Gasteiger partial charge in [0.05, 0.1) is 6.61 Å². The molecule has 1 unspecified atom stereocenters. The Hall–Kier alpha value is -3.11. The molecule has 1 fully saturated rings. The van der Waals surface area contributed by atoms with Crippen molar-refractivity contribution >= 4 is 5.91 Å². The second-order valence-corrected chi connectivity index (χ2v) is 9.16. The van der Waals surface area contributed by atoms with E-state index in [-0.39, 0.29) is 11.9 Å². The number of hydrogen-bond donors (Lipinski definition) is 1. The number of amides is 1. The fourth-order valence-corrected chi connectivity index (χ4v) is 4.35. The highest BCUT2D eigenvalue weighted by Crippen LogP contribution is 2.37. The van der Waals surface area contributed by atoms with Crippen LogP contribution in [0.15, 0.2) is 72.8 Å². The number of benzene rings is 3. The fraction of sp³-hybridized carbons (Fsp3) is 0.367. The van der Waals surface area contributed by atoms with Crippen LogP contribution < -0.4 is 4.74 Å². The van der Waals surface area contributed by atoms with Gasteiger partial charge in [0.1, 0.15) is 5.75 Å². The summed E-state index contributed by atoms with van der Waals surface area (Å²) in [4.78, 5) is 15.2. The van der Waals surface area contributed by atoms with E-state index >= 15 is 0 Å². The molecule has 1 aliphatic rings. The number of aliphatic hydroxyl groups excluding tert-OH is 1. The van der Waals surface area contributed by atoms with Gasteiger partial charge in [-0.1, -0.05) is 80.8 Å². The van der Waals surface area contributed by atoms with Gasteiger partial charge in [-0.15, -0.1) is 0 Å². The normalized spacial score (nSPS) is 14.0. The largest absolute Gasteiger partial charge is 0.493 e. The van der Waals surface area contributed by atoms with Crippen molar-refractivity contribution in [1.82, 2.24) is 4.90 Å². The van der Waals surface area contributed by atoms with E-state index in [9.17, 15) is 9.90 Å². The van der Waals surface area contributed by atoms with Crippen molar-refractivity contribution in [2.24, 2.45) is 0 Å². The topological polar surface area (TPSA) is 49.8 Å². The monoisotopic (exact) mass is 457 g/mol. The number of carbonyl (C=O) groups is 1. The minimum absolute atomic E-state index is 0.0520. The van der Waals surface area contributed by atoms with Gasteiger partial charge < -0.3 is 14.7 Å². The molecule has 34 heavy (non-hydrogen) atoms. The van der Waals surface area contributed by atoms with Gasteiger partial charge in [-0.2, -0.15) is 0 Å². The van der Waals surface area contributed by atoms with Crippen LogP contribution in [0, 0.1) is 6.92 Å². The summed E-state index contributed by atoms with van der Waals surface area (Å²) in [7, 11) is 0. The third-order valence-electron chi connectivity index (χ3n) is 6.48. The van der Waals surface area contributed by atoms with Crippen LogP contribution in [0.25, 0.3) is 11.1 Å². The number of ether oxygens (including phenoxy) is 1. The number of unbranched alkanes of at least 4 members (excludes halogenated alkanes) is 3. The molecule has 0 aliphatic heterocycles. The van der Waals surface area contributed by atoms with Gasteiger partial charge in [-0.3, -0.25) is 4.79 Å². The Morgan fingerprint density at radius 1 is 0.971 bits per heavy atom. The average molecular weight is 458 g/mol. The Balaban J connectivity index is 1.51. The molecular formula is C30H35NO3. The van der Waals surface area contributed by atoms with Crippen LogP contribution in [-0.4, -0.2) is 28.6 Å². The minimum atomic E-state index is -1.04. The van der Waals surface area contributed by atoms with Crippen molar-refractivity contribution < 1.29 is 14.6 Å². The first kappa shape index (κ1) is 24.0. The first-order chi connectivity index (χ1) is 16.6. The summed E-state index contributed by atoms with van der Waals surface area (Å²) in [5.41, 5.74) is 4.67. The van der Waals surface area contributed by atoms with E-state index in [1.807, 2.05) is 60.7 Å². The Labute approximate surface area is 203 Å².